The molecule has 6 nitrogen and oxygen atoms in total. The van der Waals surface area contributed by atoms with Gasteiger partial charge in [-0.05, 0) is 11.5 Å². The van der Waals surface area contributed by atoms with Gasteiger partial charge in [0.2, 0.25) is 5.91 Å². The zero-order chi connectivity index (χ0) is 14.2. The maximum Gasteiger partial charge on any atom is 0.345 e. The lowest BCUT2D eigenvalue weighted by molar-refractivity contribution is -0.121. The third kappa shape index (κ3) is 2.23. The van der Waals surface area contributed by atoms with Gasteiger partial charge in [-0.25, -0.2) is 4.79 Å². The second kappa shape index (κ2) is 5.05. The molecule has 2 aliphatic heterocycles. The zero-order valence-electron chi connectivity index (χ0n) is 11.2. The number of primary amides is 1. The van der Waals surface area contributed by atoms with Crippen molar-refractivity contribution in [2.24, 2.45) is 11.7 Å². The van der Waals surface area contributed by atoms with Gasteiger partial charge in [-0.1, -0.05) is 26.0 Å². The fraction of sp³-hybridized carbons (Fsp3) is 0.538. The van der Waals surface area contributed by atoms with Crippen molar-refractivity contribution in [1.29, 1.82) is 0 Å². The predicted molar refractivity (Wildman–Crippen MR) is 69.8 cm³/mol. The Morgan fingerprint density at radius 1 is 1.68 bits per heavy atom. The maximum atomic E-state index is 12.2. The molecule has 0 spiro atoms. The smallest absolute Gasteiger partial charge is 0.345 e. The van der Waals surface area contributed by atoms with Crippen molar-refractivity contribution in [3.63, 3.8) is 0 Å². The van der Waals surface area contributed by atoms with E-state index in [1.54, 1.807) is 6.08 Å². The van der Waals surface area contributed by atoms with E-state index >= 15 is 0 Å². The molecule has 0 aromatic carbocycles. The number of hydrogen-bond acceptors (Lipinski definition) is 3. The molecule has 0 aromatic rings. The van der Waals surface area contributed by atoms with Gasteiger partial charge in [0.25, 0.3) is 0 Å². The lowest BCUT2D eigenvalue weighted by atomic mass is 9.90. The van der Waals surface area contributed by atoms with Crippen molar-refractivity contribution in [2.75, 3.05) is 13.2 Å². The zero-order valence-corrected chi connectivity index (χ0v) is 11.2. The topological polar surface area (TPSA) is 75.9 Å². The molecule has 2 rings (SSSR count). The van der Waals surface area contributed by atoms with Gasteiger partial charge in [0.15, 0.2) is 0 Å². The summed E-state index contributed by atoms with van der Waals surface area (Å²) in [7, 11) is 0. The number of carbonyl (C=O) groups is 2. The minimum atomic E-state index is -0.666. The van der Waals surface area contributed by atoms with Crippen LogP contribution in [0.5, 0.6) is 0 Å². The first-order chi connectivity index (χ1) is 8.97. The van der Waals surface area contributed by atoms with Gasteiger partial charge >= 0.3 is 6.03 Å². The number of nitrogens with two attached hydrogens (primary N) is 1. The van der Waals surface area contributed by atoms with E-state index in [1.807, 2.05) is 19.9 Å². The van der Waals surface area contributed by atoms with Crippen LogP contribution in [-0.4, -0.2) is 47.1 Å². The molecule has 3 amide bonds. The largest absolute Gasteiger partial charge is 0.368 e. The van der Waals surface area contributed by atoms with Crippen LogP contribution in [0.4, 0.5) is 4.79 Å². The fourth-order valence-electron chi connectivity index (χ4n) is 2.56. The molecule has 2 atom stereocenters. The van der Waals surface area contributed by atoms with E-state index in [2.05, 4.69) is 6.58 Å². The van der Waals surface area contributed by atoms with Gasteiger partial charge in [0.05, 0.1) is 19.2 Å². The van der Waals surface area contributed by atoms with E-state index in [4.69, 9.17) is 10.6 Å². The Kier molecular flexibility index (Phi) is 3.61. The van der Waals surface area contributed by atoms with Crippen LogP contribution in [0.2, 0.25) is 0 Å². The van der Waals surface area contributed by atoms with Crippen molar-refractivity contribution in [3.05, 3.63) is 24.3 Å². The van der Waals surface area contributed by atoms with Gasteiger partial charge in [-0.2, -0.15) is 5.06 Å². The molecule has 6 heteroatoms. The van der Waals surface area contributed by atoms with Crippen LogP contribution in [-0.2, 0) is 9.63 Å². The number of nitrogens with zero attached hydrogens (tertiary/aromatic N) is 2. The lowest BCUT2D eigenvalue weighted by Gasteiger charge is -2.31. The fourth-order valence-corrected chi connectivity index (χ4v) is 2.56. The summed E-state index contributed by atoms with van der Waals surface area (Å²) in [5.74, 6) is -0.354. The molecule has 19 heavy (non-hydrogen) atoms. The van der Waals surface area contributed by atoms with Crippen molar-refractivity contribution in [2.45, 2.75) is 25.9 Å². The minimum absolute atomic E-state index is 0.148. The van der Waals surface area contributed by atoms with E-state index in [-0.39, 0.29) is 24.6 Å². The molecule has 2 N–H and O–H groups in total. The summed E-state index contributed by atoms with van der Waals surface area (Å²) in [5, 5.41) is 1.30. The van der Waals surface area contributed by atoms with E-state index in [0.29, 0.717) is 6.54 Å². The second-order valence-electron chi connectivity index (χ2n) is 5.04. The summed E-state index contributed by atoms with van der Waals surface area (Å²) in [5.41, 5.74) is 6.32. The number of hydrogen-bond donors (Lipinski definition) is 1. The first-order valence-electron chi connectivity index (χ1n) is 6.32. The molecule has 0 saturated carbocycles. The van der Waals surface area contributed by atoms with Crippen LogP contribution in [0.25, 0.3) is 0 Å². The Labute approximate surface area is 112 Å². The number of fused-ring (bicyclic) bond motifs is 2. The average Bonchev–Trinajstić information content (AvgIpc) is 2.59. The molecule has 104 valence electrons. The molecule has 1 unspecified atom stereocenters. The third-order valence-electron chi connectivity index (χ3n) is 3.40. The standard InChI is InChI=1S/C13H19N3O3/c1-4-5-19-16-9-6-10(8(2)3)11(12(14)17)15(7-9)13(16)18/h4,6,8-9,11H,1,5,7H2,2-3H3,(H2,14,17)/t9?,11-/m0/s1. The molecule has 2 aliphatic rings. The molecule has 0 aromatic heterocycles. The molecule has 0 aliphatic carbocycles. The van der Waals surface area contributed by atoms with E-state index < -0.39 is 11.9 Å². The van der Waals surface area contributed by atoms with Crippen LogP contribution in [0.3, 0.4) is 0 Å². The monoisotopic (exact) mass is 265 g/mol. The SMILES string of the molecule is C=CCON1C(=O)N2CC1C=C(C(C)C)[C@H]2C(N)=O. The summed E-state index contributed by atoms with van der Waals surface area (Å²) < 4.78 is 0. The van der Waals surface area contributed by atoms with Crippen molar-refractivity contribution in [1.82, 2.24) is 9.96 Å². The molecule has 1 saturated heterocycles. The Morgan fingerprint density at radius 2 is 2.37 bits per heavy atom. The lowest BCUT2D eigenvalue weighted by Crippen LogP contribution is -2.49. The summed E-state index contributed by atoms with van der Waals surface area (Å²) in [4.78, 5) is 30.7. The van der Waals surface area contributed by atoms with Gasteiger partial charge in [0, 0.05) is 0 Å². The minimum Gasteiger partial charge on any atom is -0.368 e. The normalized spacial score (nSPS) is 25.8. The van der Waals surface area contributed by atoms with Gasteiger partial charge in [-0.3, -0.25) is 9.63 Å². The molecular weight excluding hydrogens is 246 g/mol. The molecule has 1 fully saturated rings. The third-order valence-corrected chi connectivity index (χ3v) is 3.40. The first kappa shape index (κ1) is 13.6. The second-order valence-corrected chi connectivity index (χ2v) is 5.04. The van der Waals surface area contributed by atoms with E-state index in [9.17, 15) is 9.59 Å². The van der Waals surface area contributed by atoms with Crippen molar-refractivity contribution < 1.29 is 14.4 Å². The highest BCUT2D eigenvalue weighted by Gasteiger charge is 2.48. The van der Waals surface area contributed by atoms with Gasteiger partial charge in [-0.15, -0.1) is 6.58 Å². The Morgan fingerprint density at radius 3 is 2.89 bits per heavy atom. The summed E-state index contributed by atoms with van der Waals surface area (Å²) in [6.07, 6.45) is 3.49. The van der Waals surface area contributed by atoms with Gasteiger partial charge in [0.1, 0.15) is 6.04 Å². The number of urea groups is 1. The van der Waals surface area contributed by atoms with E-state index in [0.717, 1.165) is 5.57 Å². The highest BCUT2D eigenvalue weighted by molar-refractivity contribution is 5.90. The number of rotatable bonds is 5. The number of hydroxylamine groups is 2. The Bertz CT molecular complexity index is 444. The van der Waals surface area contributed by atoms with Crippen LogP contribution in [0.1, 0.15) is 13.8 Å². The molecule has 2 heterocycles. The number of carbonyl (C=O) groups excluding carboxylic acids is 2. The summed E-state index contributed by atoms with van der Waals surface area (Å²) in [6.45, 7) is 8.19. The number of amides is 3. The Hall–Kier alpha value is -1.82. The molecule has 2 bridgehead atoms. The van der Waals surface area contributed by atoms with Crippen LogP contribution in [0.15, 0.2) is 24.3 Å². The quantitative estimate of drug-likeness (QED) is 0.742. The van der Waals surface area contributed by atoms with Crippen molar-refractivity contribution in [3.8, 4) is 0 Å². The Balaban J connectivity index is 2.31. The maximum absolute atomic E-state index is 12.2. The average molecular weight is 265 g/mol. The van der Waals surface area contributed by atoms with Crippen LogP contribution in [0, 0.1) is 5.92 Å². The van der Waals surface area contributed by atoms with Crippen molar-refractivity contribution >= 4 is 11.9 Å². The first-order valence-corrected chi connectivity index (χ1v) is 6.32. The summed E-state index contributed by atoms with van der Waals surface area (Å²) in [6, 6.07) is -1.15. The highest BCUT2D eigenvalue weighted by Crippen LogP contribution is 2.32. The summed E-state index contributed by atoms with van der Waals surface area (Å²) >= 11 is 0. The molecule has 0 radical (unpaired) electrons. The predicted octanol–water partition coefficient (Wildman–Crippen LogP) is 0.660. The van der Waals surface area contributed by atoms with E-state index in [1.165, 1.54) is 9.96 Å². The van der Waals surface area contributed by atoms with Gasteiger partial charge < -0.3 is 10.6 Å². The highest BCUT2D eigenvalue weighted by atomic mass is 16.7. The molecular formula is C13H19N3O3. The van der Waals surface area contributed by atoms with Crippen LogP contribution < -0.4 is 5.73 Å². The van der Waals surface area contributed by atoms with Crippen LogP contribution >= 0.6 is 0 Å².